The number of carbonyl (C=O) groups is 1. The van der Waals surface area contributed by atoms with Crippen molar-refractivity contribution in [2.75, 3.05) is 5.75 Å². The minimum atomic E-state index is -0.432. The molecule has 1 aromatic rings. The molecule has 0 saturated carbocycles. The molecule has 0 radical (unpaired) electrons. The van der Waals surface area contributed by atoms with Gasteiger partial charge in [0.05, 0.1) is 17.0 Å². The zero-order chi connectivity index (χ0) is 12.8. The summed E-state index contributed by atoms with van der Waals surface area (Å²) in [5, 5.41) is 17.7. The van der Waals surface area contributed by atoms with Gasteiger partial charge >= 0.3 is 0 Å². The quantitative estimate of drug-likeness (QED) is 0.788. The molecule has 0 spiro atoms. The minimum absolute atomic E-state index is 0.109. The number of aryl methyl sites for hydroxylation is 1. The van der Waals surface area contributed by atoms with Gasteiger partial charge in [-0.3, -0.25) is 4.79 Å². The Bertz CT molecular complexity index is 467. The summed E-state index contributed by atoms with van der Waals surface area (Å²) in [5.41, 5.74) is 7.34. The van der Waals surface area contributed by atoms with E-state index in [2.05, 4.69) is 16.3 Å². The van der Waals surface area contributed by atoms with E-state index in [1.165, 1.54) is 0 Å². The maximum absolute atomic E-state index is 10.7. The predicted octanol–water partition coefficient (Wildman–Crippen LogP) is 1.05. The lowest BCUT2D eigenvalue weighted by Gasteiger charge is -2.09. The highest BCUT2D eigenvalue weighted by Gasteiger charge is 2.14. The molecule has 1 heterocycles. The smallest absolute Gasteiger partial charge is 0.227 e. The second kappa shape index (κ2) is 6.21. The number of nitrogens with zero attached hydrogens (tertiary/aromatic N) is 3. The van der Waals surface area contributed by atoms with E-state index in [4.69, 9.17) is 11.0 Å². The average molecular weight is 250 g/mol. The van der Waals surface area contributed by atoms with Crippen molar-refractivity contribution < 1.29 is 4.79 Å². The van der Waals surface area contributed by atoms with E-state index in [9.17, 15) is 4.79 Å². The first-order chi connectivity index (χ1) is 8.13. The van der Waals surface area contributed by atoms with Gasteiger partial charge < -0.3 is 5.73 Å². The molecule has 2 N–H and O–H groups in total. The zero-order valence-corrected chi connectivity index (χ0v) is 10.7. The second-order valence-corrected chi connectivity index (χ2v) is 4.34. The van der Waals surface area contributed by atoms with Gasteiger partial charge in [0.1, 0.15) is 11.1 Å². The summed E-state index contributed by atoms with van der Waals surface area (Å²) in [6.07, 6.45) is 1.47. The third-order valence-corrected chi connectivity index (χ3v) is 3.26. The van der Waals surface area contributed by atoms with Crippen LogP contribution < -0.4 is 5.73 Å². The molecule has 0 bridgehead atoms. The molecule has 0 aliphatic carbocycles. The highest BCUT2D eigenvalue weighted by Crippen LogP contribution is 2.24. The topological polar surface area (TPSA) is 92.7 Å². The van der Waals surface area contributed by atoms with Crippen molar-refractivity contribution in [3.63, 3.8) is 0 Å². The fraction of sp³-hybridized carbons (Fsp3) is 0.455. The number of hydrogen-bond acceptors (Lipinski definition) is 5. The molecule has 17 heavy (non-hydrogen) atoms. The number of primary amides is 1. The summed E-state index contributed by atoms with van der Waals surface area (Å²) in [6.45, 7) is 3.94. The molecule has 0 fully saturated rings. The number of carbonyl (C=O) groups excluding carboxylic acids is 1. The maximum Gasteiger partial charge on any atom is 0.227 e. The molecule has 6 heteroatoms. The Morgan fingerprint density at radius 3 is 2.59 bits per heavy atom. The summed E-state index contributed by atoms with van der Waals surface area (Å²) < 4.78 is 0. The van der Waals surface area contributed by atoms with E-state index in [0.717, 1.165) is 35.9 Å². The Hall–Kier alpha value is -1.61. The van der Waals surface area contributed by atoms with Crippen molar-refractivity contribution in [2.45, 2.75) is 31.7 Å². The van der Waals surface area contributed by atoms with Crippen LogP contribution in [0, 0.1) is 11.3 Å². The molecule has 1 amide bonds. The Morgan fingerprint density at radius 1 is 1.41 bits per heavy atom. The molecule has 1 aromatic heterocycles. The lowest BCUT2D eigenvalue weighted by atomic mass is 10.1. The molecule has 0 aliphatic rings. The number of nitriles is 1. The van der Waals surface area contributed by atoms with Crippen molar-refractivity contribution in [2.24, 2.45) is 5.73 Å². The first-order valence-electron chi connectivity index (χ1n) is 5.33. The van der Waals surface area contributed by atoms with Gasteiger partial charge in [0.2, 0.25) is 5.91 Å². The highest BCUT2D eigenvalue weighted by molar-refractivity contribution is 7.99. The van der Waals surface area contributed by atoms with Gasteiger partial charge in [-0.2, -0.15) is 10.4 Å². The molecular weight excluding hydrogens is 236 g/mol. The van der Waals surface area contributed by atoms with Crippen LogP contribution in [-0.4, -0.2) is 21.9 Å². The van der Waals surface area contributed by atoms with Crippen LogP contribution in [0.4, 0.5) is 0 Å². The number of aromatic nitrogens is 2. The largest absolute Gasteiger partial charge is 0.369 e. The molecular formula is C11H14N4OS. The predicted molar refractivity (Wildman–Crippen MR) is 65.4 cm³/mol. The molecule has 0 unspecified atom stereocenters. The first kappa shape index (κ1) is 13.5. The Kier molecular flexibility index (Phi) is 4.91. The highest BCUT2D eigenvalue weighted by atomic mass is 32.2. The van der Waals surface area contributed by atoms with Crippen molar-refractivity contribution in [3.05, 3.63) is 16.8 Å². The van der Waals surface area contributed by atoms with Gasteiger partial charge in [0.15, 0.2) is 0 Å². The standard InChI is InChI=1S/C11H14N4OS/c1-3-7-8(5-12)11(17-6-10(13)16)15-14-9(7)4-2/h3-4,6H2,1-2H3,(H2,13,16). The van der Waals surface area contributed by atoms with Gasteiger partial charge in [-0.25, -0.2) is 0 Å². The minimum Gasteiger partial charge on any atom is -0.369 e. The van der Waals surface area contributed by atoms with Gasteiger partial charge in [-0.15, -0.1) is 5.10 Å². The van der Waals surface area contributed by atoms with Crippen LogP contribution in [0.3, 0.4) is 0 Å². The molecule has 5 nitrogen and oxygen atoms in total. The van der Waals surface area contributed by atoms with Crippen LogP contribution >= 0.6 is 11.8 Å². The Balaban J connectivity index is 3.15. The Labute approximate surface area is 104 Å². The molecule has 90 valence electrons. The van der Waals surface area contributed by atoms with Crippen LogP contribution in [0.15, 0.2) is 5.03 Å². The summed E-state index contributed by atoms with van der Waals surface area (Å²) in [6, 6.07) is 2.14. The number of hydrogen-bond donors (Lipinski definition) is 1. The average Bonchev–Trinajstić information content (AvgIpc) is 2.34. The number of rotatable bonds is 5. The van der Waals surface area contributed by atoms with Crippen molar-refractivity contribution in [3.8, 4) is 6.07 Å². The van der Waals surface area contributed by atoms with E-state index in [0.29, 0.717) is 10.6 Å². The zero-order valence-electron chi connectivity index (χ0n) is 9.86. The van der Waals surface area contributed by atoms with E-state index < -0.39 is 5.91 Å². The van der Waals surface area contributed by atoms with E-state index in [1.807, 2.05) is 13.8 Å². The molecule has 0 saturated heterocycles. The SMILES string of the molecule is CCc1nnc(SCC(N)=O)c(C#N)c1CC. The maximum atomic E-state index is 10.7. The number of thioether (sulfide) groups is 1. The van der Waals surface area contributed by atoms with Crippen molar-refractivity contribution in [1.29, 1.82) is 5.26 Å². The third kappa shape index (κ3) is 3.17. The van der Waals surface area contributed by atoms with Crippen LogP contribution in [0.2, 0.25) is 0 Å². The van der Waals surface area contributed by atoms with Crippen LogP contribution in [-0.2, 0) is 17.6 Å². The summed E-state index contributed by atoms with van der Waals surface area (Å²) >= 11 is 1.16. The molecule has 0 atom stereocenters. The van der Waals surface area contributed by atoms with Crippen LogP contribution in [0.5, 0.6) is 0 Å². The first-order valence-corrected chi connectivity index (χ1v) is 6.32. The third-order valence-electron chi connectivity index (χ3n) is 2.28. The monoisotopic (exact) mass is 250 g/mol. The van der Waals surface area contributed by atoms with E-state index in [1.54, 1.807) is 0 Å². The van der Waals surface area contributed by atoms with Gasteiger partial charge in [0.25, 0.3) is 0 Å². The van der Waals surface area contributed by atoms with E-state index in [-0.39, 0.29) is 5.75 Å². The summed E-state index contributed by atoms with van der Waals surface area (Å²) in [4.78, 5) is 10.7. The summed E-state index contributed by atoms with van der Waals surface area (Å²) in [5.74, 6) is -0.323. The van der Waals surface area contributed by atoms with Gasteiger partial charge in [-0.05, 0) is 18.4 Å². The van der Waals surface area contributed by atoms with Crippen LogP contribution in [0.1, 0.15) is 30.7 Å². The second-order valence-electron chi connectivity index (χ2n) is 3.38. The normalized spacial score (nSPS) is 9.94. The Morgan fingerprint density at radius 2 is 2.12 bits per heavy atom. The lowest BCUT2D eigenvalue weighted by molar-refractivity contribution is -0.115. The van der Waals surface area contributed by atoms with Crippen molar-refractivity contribution >= 4 is 17.7 Å². The lowest BCUT2D eigenvalue weighted by Crippen LogP contribution is -2.14. The molecule has 0 aliphatic heterocycles. The van der Waals surface area contributed by atoms with Gasteiger partial charge in [-0.1, -0.05) is 25.6 Å². The molecule has 0 aromatic carbocycles. The molecule has 1 rings (SSSR count). The van der Waals surface area contributed by atoms with E-state index >= 15 is 0 Å². The summed E-state index contributed by atoms with van der Waals surface area (Å²) in [7, 11) is 0. The van der Waals surface area contributed by atoms with Gasteiger partial charge in [0, 0.05) is 0 Å². The van der Waals surface area contributed by atoms with Crippen molar-refractivity contribution in [1.82, 2.24) is 10.2 Å². The fourth-order valence-corrected chi connectivity index (χ4v) is 2.20. The number of nitrogens with two attached hydrogens (primary N) is 1. The fourth-order valence-electron chi connectivity index (χ4n) is 1.51. The van der Waals surface area contributed by atoms with Crippen LogP contribution in [0.25, 0.3) is 0 Å². The number of amides is 1.